The normalized spacial score (nSPS) is 12.7. The van der Waals surface area contributed by atoms with Crippen LogP contribution in [0.3, 0.4) is 0 Å². The summed E-state index contributed by atoms with van der Waals surface area (Å²) in [6.07, 6.45) is 0. The molecule has 0 aliphatic rings. The number of aryl methyl sites for hydroxylation is 2. The van der Waals surface area contributed by atoms with Crippen molar-refractivity contribution in [2.75, 3.05) is 20.6 Å². The second-order valence-electron chi connectivity index (χ2n) is 4.89. The minimum absolute atomic E-state index is 0.0322. The van der Waals surface area contributed by atoms with Crippen LogP contribution in [-0.4, -0.2) is 36.4 Å². The van der Waals surface area contributed by atoms with Gasteiger partial charge in [-0.15, -0.1) is 11.3 Å². The number of nitrogens with one attached hydrogen (secondary N) is 1. The van der Waals surface area contributed by atoms with Gasteiger partial charge in [-0.3, -0.25) is 4.79 Å². The van der Waals surface area contributed by atoms with Crippen molar-refractivity contribution < 1.29 is 4.79 Å². The van der Waals surface area contributed by atoms with Crippen molar-refractivity contribution in [2.45, 2.75) is 19.9 Å². The third-order valence-corrected chi connectivity index (χ3v) is 4.89. The van der Waals surface area contributed by atoms with Crippen LogP contribution in [0.5, 0.6) is 0 Å². The molecule has 6 heteroatoms. The lowest BCUT2D eigenvalue weighted by atomic mass is 10.1. The summed E-state index contributed by atoms with van der Waals surface area (Å²) in [6.45, 7) is 4.39. The minimum Gasteiger partial charge on any atom is -0.349 e. The topological polar surface area (TPSA) is 45.2 Å². The first-order valence-electron chi connectivity index (χ1n) is 6.39. The number of hydrogen-bond acceptors (Lipinski definition) is 5. The van der Waals surface area contributed by atoms with Crippen LogP contribution < -0.4 is 5.32 Å². The van der Waals surface area contributed by atoms with E-state index in [1.54, 1.807) is 11.3 Å². The molecule has 2 aromatic rings. The summed E-state index contributed by atoms with van der Waals surface area (Å²) in [5.74, 6) is -0.0322. The zero-order chi connectivity index (χ0) is 14.7. The molecule has 0 aliphatic carbocycles. The Morgan fingerprint density at radius 1 is 1.45 bits per heavy atom. The standard InChI is InChI=1S/C14H19N3OS2/c1-9-13(20-10(2)16-9)14(18)15-7-12(17(3)4)11-5-6-19-8-11/h5-6,8,12H,7H2,1-4H3,(H,15,18)/t12-/m0/s1. The summed E-state index contributed by atoms with van der Waals surface area (Å²) in [7, 11) is 4.05. The Morgan fingerprint density at radius 3 is 2.70 bits per heavy atom. The number of thiophene rings is 1. The maximum Gasteiger partial charge on any atom is 0.263 e. The van der Waals surface area contributed by atoms with E-state index < -0.39 is 0 Å². The molecule has 0 unspecified atom stereocenters. The molecule has 0 aromatic carbocycles. The highest BCUT2D eigenvalue weighted by Gasteiger charge is 2.18. The summed E-state index contributed by atoms with van der Waals surface area (Å²) >= 11 is 3.12. The van der Waals surface area contributed by atoms with E-state index in [2.05, 4.69) is 32.0 Å². The van der Waals surface area contributed by atoms with Gasteiger partial charge in [-0.2, -0.15) is 11.3 Å². The Bertz CT molecular complexity index is 575. The van der Waals surface area contributed by atoms with Crippen molar-refractivity contribution in [2.24, 2.45) is 0 Å². The molecule has 0 saturated carbocycles. The Labute approximate surface area is 127 Å². The van der Waals surface area contributed by atoms with E-state index in [9.17, 15) is 4.79 Å². The molecule has 0 bridgehead atoms. The number of rotatable bonds is 5. The first-order valence-corrected chi connectivity index (χ1v) is 8.15. The van der Waals surface area contributed by atoms with E-state index in [0.29, 0.717) is 11.4 Å². The van der Waals surface area contributed by atoms with Crippen molar-refractivity contribution >= 4 is 28.6 Å². The van der Waals surface area contributed by atoms with Crippen molar-refractivity contribution in [1.29, 1.82) is 0 Å². The van der Waals surface area contributed by atoms with Gasteiger partial charge < -0.3 is 10.2 Å². The molecule has 1 atom stereocenters. The predicted molar refractivity (Wildman–Crippen MR) is 84.7 cm³/mol. The van der Waals surface area contributed by atoms with E-state index >= 15 is 0 Å². The highest BCUT2D eigenvalue weighted by atomic mass is 32.1. The van der Waals surface area contributed by atoms with E-state index in [1.807, 2.05) is 27.9 Å². The van der Waals surface area contributed by atoms with Gasteiger partial charge in [0, 0.05) is 6.54 Å². The zero-order valence-corrected chi connectivity index (χ0v) is 13.8. The van der Waals surface area contributed by atoms with Crippen molar-refractivity contribution in [3.63, 3.8) is 0 Å². The smallest absolute Gasteiger partial charge is 0.263 e. The monoisotopic (exact) mass is 309 g/mol. The highest BCUT2D eigenvalue weighted by Crippen LogP contribution is 2.21. The second kappa shape index (κ2) is 6.47. The third kappa shape index (κ3) is 3.45. The number of aromatic nitrogens is 1. The van der Waals surface area contributed by atoms with Gasteiger partial charge in [-0.25, -0.2) is 4.98 Å². The summed E-state index contributed by atoms with van der Waals surface area (Å²) < 4.78 is 0. The molecule has 1 amide bonds. The largest absolute Gasteiger partial charge is 0.349 e. The third-order valence-electron chi connectivity index (χ3n) is 3.12. The van der Waals surface area contributed by atoms with Crippen LogP contribution in [0.1, 0.15) is 32.0 Å². The molecule has 2 aromatic heterocycles. The molecule has 0 spiro atoms. The van der Waals surface area contributed by atoms with Crippen LogP contribution in [0, 0.1) is 13.8 Å². The molecule has 2 rings (SSSR count). The number of hydrogen-bond donors (Lipinski definition) is 1. The van der Waals surface area contributed by atoms with E-state index in [-0.39, 0.29) is 11.9 Å². The molecule has 2 heterocycles. The lowest BCUT2D eigenvalue weighted by Crippen LogP contribution is -2.34. The number of nitrogens with zero attached hydrogens (tertiary/aromatic N) is 2. The molecule has 0 saturated heterocycles. The molecule has 1 N–H and O–H groups in total. The zero-order valence-electron chi connectivity index (χ0n) is 12.1. The second-order valence-corrected chi connectivity index (χ2v) is 6.88. The molecule has 0 aliphatic heterocycles. The maximum atomic E-state index is 12.2. The number of amides is 1. The average molecular weight is 309 g/mol. The average Bonchev–Trinajstić information content (AvgIpc) is 2.99. The van der Waals surface area contributed by atoms with Gasteiger partial charge in [0.25, 0.3) is 5.91 Å². The number of thiazole rings is 1. The van der Waals surface area contributed by atoms with Crippen molar-refractivity contribution in [3.8, 4) is 0 Å². The number of carbonyl (C=O) groups is 1. The summed E-state index contributed by atoms with van der Waals surface area (Å²) in [6, 6.07) is 2.29. The molecular weight excluding hydrogens is 290 g/mol. The van der Waals surface area contributed by atoms with Crippen LogP contribution in [0.25, 0.3) is 0 Å². The minimum atomic E-state index is -0.0322. The summed E-state index contributed by atoms with van der Waals surface area (Å²) in [5, 5.41) is 8.13. The predicted octanol–water partition coefficient (Wildman–Crippen LogP) is 2.85. The molecule has 4 nitrogen and oxygen atoms in total. The number of likely N-dealkylation sites (N-methyl/N-ethyl adjacent to an activating group) is 1. The van der Waals surface area contributed by atoms with E-state index in [4.69, 9.17) is 0 Å². The van der Waals surface area contributed by atoms with Gasteiger partial charge in [0.2, 0.25) is 0 Å². The first kappa shape index (κ1) is 15.2. The van der Waals surface area contributed by atoms with Crippen LogP contribution in [0.4, 0.5) is 0 Å². The van der Waals surface area contributed by atoms with Crippen LogP contribution in [0.15, 0.2) is 16.8 Å². The highest BCUT2D eigenvalue weighted by molar-refractivity contribution is 7.13. The Hall–Kier alpha value is -1.24. The Morgan fingerprint density at radius 2 is 2.20 bits per heavy atom. The molecule has 0 radical (unpaired) electrons. The van der Waals surface area contributed by atoms with Gasteiger partial charge in [-0.05, 0) is 50.3 Å². The van der Waals surface area contributed by atoms with Crippen LogP contribution >= 0.6 is 22.7 Å². The van der Waals surface area contributed by atoms with Gasteiger partial charge in [-0.1, -0.05) is 0 Å². The fourth-order valence-corrected chi connectivity index (χ4v) is 3.62. The first-order chi connectivity index (χ1) is 9.49. The molecule has 108 valence electrons. The van der Waals surface area contributed by atoms with Gasteiger partial charge >= 0.3 is 0 Å². The van der Waals surface area contributed by atoms with Crippen molar-refractivity contribution in [3.05, 3.63) is 38.0 Å². The van der Waals surface area contributed by atoms with Crippen molar-refractivity contribution in [1.82, 2.24) is 15.2 Å². The van der Waals surface area contributed by atoms with Gasteiger partial charge in [0.15, 0.2) is 0 Å². The van der Waals surface area contributed by atoms with Gasteiger partial charge in [0.1, 0.15) is 4.88 Å². The Kier molecular flexibility index (Phi) is 4.91. The molecule has 20 heavy (non-hydrogen) atoms. The summed E-state index contributed by atoms with van der Waals surface area (Å²) in [4.78, 5) is 19.3. The van der Waals surface area contributed by atoms with Crippen LogP contribution in [0.2, 0.25) is 0 Å². The lowest BCUT2D eigenvalue weighted by molar-refractivity contribution is 0.0945. The molecular formula is C14H19N3OS2. The SMILES string of the molecule is Cc1nc(C)c(C(=O)NC[C@@H](c2ccsc2)N(C)C)s1. The summed E-state index contributed by atoms with van der Waals surface area (Å²) in [5.41, 5.74) is 2.04. The fourth-order valence-electron chi connectivity index (χ4n) is 2.07. The molecule has 0 fully saturated rings. The quantitative estimate of drug-likeness (QED) is 0.924. The Balaban J connectivity index is 2.03. The van der Waals surface area contributed by atoms with E-state index in [0.717, 1.165) is 10.7 Å². The van der Waals surface area contributed by atoms with E-state index in [1.165, 1.54) is 16.9 Å². The fraction of sp³-hybridized carbons (Fsp3) is 0.429. The number of carbonyl (C=O) groups excluding carboxylic acids is 1. The maximum absolute atomic E-state index is 12.2. The van der Waals surface area contributed by atoms with Crippen LogP contribution in [-0.2, 0) is 0 Å². The lowest BCUT2D eigenvalue weighted by Gasteiger charge is -2.23. The van der Waals surface area contributed by atoms with Gasteiger partial charge in [0.05, 0.1) is 16.7 Å².